The highest BCUT2D eigenvalue weighted by Crippen LogP contribution is 2.59. The normalized spacial score (nSPS) is 38.4. The molecule has 1 aromatic rings. The number of ether oxygens (including phenoxy) is 1. The van der Waals surface area contributed by atoms with Crippen molar-refractivity contribution in [1.29, 1.82) is 0 Å². The molecule has 5 rings (SSSR count). The minimum atomic E-state index is -0.673. The first-order chi connectivity index (χ1) is 13.3. The van der Waals surface area contributed by atoms with Crippen LogP contribution in [-0.2, 0) is 9.53 Å². The number of Topliss-reactive ketones (excluding diaryl/α,β-unsaturated/α-hetero) is 3. The Balaban J connectivity index is 1.49. The Morgan fingerprint density at radius 2 is 1.82 bits per heavy atom. The van der Waals surface area contributed by atoms with E-state index in [9.17, 15) is 19.5 Å². The Labute approximate surface area is 164 Å². The lowest BCUT2D eigenvalue weighted by Crippen LogP contribution is -2.50. The van der Waals surface area contributed by atoms with Crippen molar-refractivity contribution in [3.63, 3.8) is 0 Å². The van der Waals surface area contributed by atoms with Crippen LogP contribution in [0.5, 0.6) is 5.75 Å². The predicted molar refractivity (Wildman–Crippen MR) is 101 cm³/mol. The van der Waals surface area contributed by atoms with Gasteiger partial charge in [-0.1, -0.05) is 26.0 Å². The summed E-state index contributed by atoms with van der Waals surface area (Å²) in [6.07, 6.45) is 3.03. The maximum atomic E-state index is 13.3. The largest absolute Gasteiger partial charge is 0.507 e. The number of benzene rings is 1. The summed E-state index contributed by atoms with van der Waals surface area (Å²) in [5, 5.41) is 10.2. The number of hydrogen-bond donors (Lipinski definition) is 1. The number of fused-ring (bicyclic) bond motifs is 4. The molecule has 4 aliphatic rings. The molecule has 0 radical (unpaired) electrons. The number of rotatable bonds is 2. The lowest BCUT2D eigenvalue weighted by atomic mass is 9.65. The van der Waals surface area contributed by atoms with Gasteiger partial charge in [0.05, 0.1) is 23.7 Å². The minimum absolute atomic E-state index is 0.0154. The number of carbonyl (C=O) groups is 3. The SMILES string of the molecule is CC1(C)[C@H]2CC[C@H]1[C@H](O[C@@H]1CC(=O)C[C@H]3C(=O)c4cccc(O)c4C(=O)[C@@H]13)C2. The summed E-state index contributed by atoms with van der Waals surface area (Å²) in [6, 6.07) is 4.57. The average molecular weight is 382 g/mol. The van der Waals surface area contributed by atoms with Gasteiger partial charge in [-0.3, -0.25) is 14.4 Å². The van der Waals surface area contributed by atoms with Gasteiger partial charge in [-0.05, 0) is 42.6 Å². The van der Waals surface area contributed by atoms with E-state index in [1.165, 1.54) is 12.5 Å². The number of carbonyl (C=O) groups excluding carboxylic acids is 3. The molecule has 2 bridgehead atoms. The zero-order valence-corrected chi connectivity index (χ0v) is 16.3. The third-order valence-electron chi connectivity index (χ3n) is 8.05. The molecule has 6 atom stereocenters. The lowest BCUT2D eigenvalue weighted by molar-refractivity contribution is -0.134. The van der Waals surface area contributed by atoms with Crippen LogP contribution in [0.15, 0.2) is 18.2 Å². The molecule has 0 unspecified atom stereocenters. The zero-order valence-electron chi connectivity index (χ0n) is 16.3. The third kappa shape index (κ3) is 2.38. The van der Waals surface area contributed by atoms with Crippen LogP contribution in [0.25, 0.3) is 0 Å². The Bertz CT molecular complexity index is 885. The van der Waals surface area contributed by atoms with E-state index in [0.29, 0.717) is 11.8 Å². The second-order valence-corrected chi connectivity index (χ2v) is 9.66. The molecule has 0 spiro atoms. The van der Waals surface area contributed by atoms with Crippen LogP contribution >= 0.6 is 0 Å². The standard InChI is InChI=1S/C23H26O5/c1-23(2)11-6-7-15(23)17(8-11)28-18-10-12(24)9-14-20(18)22(27)19-13(21(14)26)4-3-5-16(19)25/h3-5,11,14-15,17-18,20,25H,6-10H2,1-2H3/t11-,14+,15-,17+,18+,20+/m0/s1. The Morgan fingerprint density at radius 1 is 1.04 bits per heavy atom. The monoisotopic (exact) mass is 382 g/mol. The van der Waals surface area contributed by atoms with Crippen LogP contribution in [0.4, 0.5) is 0 Å². The van der Waals surface area contributed by atoms with E-state index in [2.05, 4.69) is 13.8 Å². The molecule has 28 heavy (non-hydrogen) atoms. The Kier molecular flexibility index (Phi) is 3.86. The third-order valence-corrected chi connectivity index (χ3v) is 8.05. The van der Waals surface area contributed by atoms with E-state index in [4.69, 9.17) is 4.74 Å². The van der Waals surface area contributed by atoms with Gasteiger partial charge in [0.1, 0.15) is 11.5 Å². The molecule has 5 nitrogen and oxygen atoms in total. The van der Waals surface area contributed by atoms with Crippen molar-refractivity contribution in [3.05, 3.63) is 29.3 Å². The van der Waals surface area contributed by atoms with Crippen molar-refractivity contribution in [2.24, 2.45) is 29.1 Å². The van der Waals surface area contributed by atoms with E-state index in [-0.39, 0.29) is 58.6 Å². The van der Waals surface area contributed by atoms with Crippen LogP contribution < -0.4 is 0 Å². The molecule has 0 aromatic heterocycles. The highest BCUT2D eigenvalue weighted by atomic mass is 16.5. The zero-order chi connectivity index (χ0) is 19.8. The first kappa shape index (κ1) is 18.0. The molecule has 0 amide bonds. The highest BCUT2D eigenvalue weighted by molar-refractivity contribution is 6.18. The molecular weight excluding hydrogens is 356 g/mol. The van der Waals surface area contributed by atoms with E-state index in [1.807, 2.05) is 0 Å². The molecule has 1 N–H and O–H groups in total. The van der Waals surface area contributed by atoms with Crippen LogP contribution in [-0.4, -0.2) is 34.7 Å². The quantitative estimate of drug-likeness (QED) is 0.846. The second kappa shape index (κ2) is 5.99. The van der Waals surface area contributed by atoms with E-state index in [1.54, 1.807) is 12.1 Å². The van der Waals surface area contributed by atoms with Gasteiger partial charge >= 0.3 is 0 Å². The predicted octanol–water partition coefficient (Wildman–Crippen LogP) is 3.58. The second-order valence-electron chi connectivity index (χ2n) is 9.66. The first-order valence-electron chi connectivity index (χ1n) is 10.4. The van der Waals surface area contributed by atoms with E-state index < -0.39 is 17.9 Å². The summed E-state index contributed by atoms with van der Waals surface area (Å²) in [6.45, 7) is 4.58. The van der Waals surface area contributed by atoms with Gasteiger partial charge in [0, 0.05) is 24.3 Å². The number of phenolic OH excluding ortho intramolecular Hbond substituents is 1. The smallest absolute Gasteiger partial charge is 0.173 e. The van der Waals surface area contributed by atoms with Crippen molar-refractivity contribution in [3.8, 4) is 5.75 Å². The summed E-state index contributed by atoms with van der Waals surface area (Å²) < 4.78 is 6.46. The van der Waals surface area contributed by atoms with Gasteiger partial charge in [-0.15, -0.1) is 0 Å². The summed E-state index contributed by atoms with van der Waals surface area (Å²) in [7, 11) is 0. The summed E-state index contributed by atoms with van der Waals surface area (Å²) in [5.74, 6) is -0.936. The summed E-state index contributed by atoms with van der Waals surface area (Å²) in [4.78, 5) is 38.8. The molecule has 148 valence electrons. The summed E-state index contributed by atoms with van der Waals surface area (Å²) >= 11 is 0. The fourth-order valence-electron chi connectivity index (χ4n) is 6.51. The van der Waals surface area contributed by atoms with Gasteiger partial charge in [-0.25, -0.2) is 0 Å². The molecule has 1 aromatic carbocycles. The Hall–Kier alpha value is -2.01. The molecule has 4 aliphatic carbocycles. The van der Waals surface area contributed by atoms with Crippen molar-refractivity contribution < 1.29 is 24.2 Å². The molecular formula is C23H26O5. The molecule has 3 fully saturated rings. The number of hydrogen-bond acceptors (Lipinski definition) is 5. The number of phenols is 1. The van der Waals surface area contributed by atoms with Crippen LogP contribution in [0.2, 0.25) is 0 Å². The van der Waals surface area contributed by atoms with Crippen LogP contribution in [0, 0.1) is 29.1 Å². The maximum Gasteiger partial charge on any atom is 0.173 e. The molecule has 5 heteroatoms. The minimum Gasteiger partial charge on any atom is -0.507 e. The topological polar surface area (TPSA) is 80.7 Å². The fraction of sp³-hybridized carbons (Fsp3) is 0.609. The van der Waals surface area contributed by atoms with Gasteiger partial charge in [0.2, 0.25) is 0 Å². The van der Waals surface area contributed by atoms with Crippen molar-refractivity contribution in [2.45, 2.75) is 58.2 Å². The molecule has 3 saturated carbocycles. The van der Waals surface area contributed by atoms with E-state index in [0.717, 1.165) is 12.8 Å². The number of aromatic hydroxyl groups is 1. The van der Waals surface area contributed by atoms with Crippen LogP contribution in [0.1, 0.15) is 66.7 Å². The fourth-order valence-corrected chi connectivity index (χ4v) is 6.51. The maximum absolute atomic E-state index is 13.3. The van der Waals surface area contributed by atoms with Crippen molar-refractivity contribution >= 4 is 17.3 Å². The first-order valence-corrected chi connectivity index (χ1v) is 10.4. The van der Waals surface area contributed by atoms with Crippen molar-refractivity contribution in [2.75, 3.05) is 0 Å². The van der Waals surface area contributed by atoms with Gasteiger partial charge in [0.25, 0.3) is 0 Å². The van der Waals surface area contributed by atoms with Gasteiger partial charge in [0.15, 0.2) is 11.6 Å². The summed E-state index contributed by atoms with van der Waals surface area (Å²) in [5.41, 5.74) is 0.561. The van der Waals surface area contributed by atoms with Crippen LogP contribution in [0.3, 0.4) is 0 Å². The molecule has 0 heterocycles. The highest BCUT2D eigenvalue weighted by Gasteiger charge is 2.56. The molecule has 0 aliphatic heterocycles. The van der Waals surface area contributed by atoms with Gasteiger partial charge in [-0.2, -0.15) is 0 Å². The Morgan fingerprint density at radius 3 is 2.50 bits per heavy atom. The van der Waals surface area contributed by atoms with Crippen molar-refractivity contribution in [1.82, 2.24) is 0 Å². The number of ketones is 3. The molecule has 0 saturated heterocycles. The van der Waals surface area contributed by atoms with E-state index >= 15 is 0 Å². The lowest BCUT2D eigenvalue weighted by Gasteiger charge is -2.41. The average Bonchev–Trinajstić information content (AvgIpc) is 3.05. The van der Waals surface area contributed by atoms with Gasteiger partial charge < -0.3 is 9.84 Å².